The number of guanidine groups is 1. The van der Waals surface area contributed by atoms with E-state index in [0.29, 0.717) is 5.96 Å². The standard InChI is InChI=1S/C15H23N3S/c1-12-3-4-14(13(2)11-12)5-6-17-15(16)18-7-9-19-10-8-18/h3-4,11H,5-10H2,1-2H3,(H2,16,17). The van der Waals surface area contributed by atoms with Crippen LogP contribution < -0.4 is 5.73 Å². The molecule has 1 aliphatic rings. The van der Waals surface area contributed by atoms with Gasteiger partial charge in [-0.3, -0.25) is 4.99 Å². The molecule has 0 bridgehead atoms. The van der Waals surface area contributed by atoms with Crippen LogP contribution in [0.1, 0.15) is 16.7 Å². The highest BCUT2D eigenvalue weighted by Crippen LogP contribution is 2.12. The molecule has 19 heavy (non-hydrogen) atoms. The molecule has 0 unspecified atom stereocenters. The highest BCUT2D eigenvalue weighted by Gasteiger charge is 2.11. The van der Waals surface area contributed by atoms with Gasteiger partial charge in [-0.2, -0.15) is 11.8 Å². The molecule has 2 rings (SSSR count). The third-order valence-corrected chi connectivity index (χ3v) is 4.43. The number of hydrogen-bond acceptors (Lipinski definition) is 2. The zero-order chi connectivity index (χ0) is 13.7. The van der Waals surface area contributed by atoms with E-state index in [-0.39, 0.29) is 0 Å². The highest BCUT2D eigenvalue weighted by atomic mass is 32.2. The molecule has 1 aromatic rings. The number of aliphatic imine (C=N–C) groups is 1. The molecule has 0 atom stereocenters. The predicted octanol–water partition coefficient (Wildman–Crippen LogP) is 2.21. The molecule has 1 aromatic carbocycles. The van der Waals surface area contributed by atoms with E-state index in [0.717, 1.165) is 37.6 Å². The van der Waals surface area contributed by atoms with Gasteiger partial charge in [0.15, 0.2) is 5.96 Å². The quantitative estimate of drug-likeness (QED) is 0.680. The number of hydrogen-bond donors (Lipinski definition) is 1. The topological polar surface area (TPSA) is 41.6 Å². The summed E-state index contributed by atoms with van der Waals surface area (Å²) in [5.41, 5.74) is 10.1. The molecular weight excluding hydrogens is 254 g/mol. The Bertz CT molecular complexity index is 451. The van der Waals surface area contributed by atoms with Gasteiger partial charge in [-0.15, -0.1) is 0 Å². The lowest BCUT2D eigenvalue weighted by molar-refractivity contribution is 0.456. The molecule has 0 aliphatic carbocycles. The molecular formula is C15H23N3S. The summed E-state index contributed by atoms with van der Waals surface area (Å²) < 4.78 is 0. The summed E-state index contributed by atoms with van der Waals surface area (Å²) in [6, 6.07) is 6.59. The van der Waals surface area contributed by atoms with Crippen LogP contribution in [0, 0.1) is 13.8 Å². The van der Waals surface area contributed by atoms with Crippen LogP contribution in [0.2, 0.25) is 0 Å². The minimum atomic E-state index is 0.713. The molecule has 0 spiro atoms. The van der Waals surface area contributed by atoms with Crippen molar-refractivity contribution >= 4 is 17.7 Å². The average molecular weight is 277 g/mol. The molecule has 2 N–H and O–H groups in total. The molecule has 0 amide bonds. The fraction of sp³-hybridized carbons (Fsp3) is 0.533. The molecule has 1 saturated heterocycles. The molecule has 3 nitrogen and oxygen atoms in total. The van der Waals surface area contributed by atoms with Crippen molar-refractivity contribution in [1.29, 1.82) is 0 Å². The van der Waals surface area contributed by atoms with E-state index in [4.69, 9.17) is 5.73 Å². The second kappa shape index (κ2) is 6.85. The zero-order valence-electron chi connectivity index (χ0n) is 11.9. The Morgan fingerprint density at radius 3 is 2.74 bits per heavy atom. The smallest absolute Gasteiger partial charge is 0.191 e. The molecule has 1 aliphatic heterocycles. The van der Waals surface area contributed by atoms with E-state index in [9.17, 15) is 0 Å². The van der Waals surface area contributed by atoms with Gasteiger partial charge in [0.1, 0.15) is 0 Å². The second-order valence-electron chi connectivity index (χ2n) is 5.02. The van der Waals surface area contributed by atoms with Gasteiger partial charge >= 0.3 is 0 Å². The third-order valence-electron chi connectivity index (χ3n) is 3.49. The van der Waals surface area contributed by atoms with Gasteiger partial charge in [0.2, 0.25) is 0 Å². The van der Waals surface area contributed by atoms with Crippen molar-refractivity contribution in [1.82, 2.24) is 4.90 Å². The molecule has 1 fully saturated rings. The van der Waals surface area contributed by atoms with Gasteiger partial charge in [0.25, 0.3) is 0 Å². The van der Waals surface area contributed by atoms with Crippen molar-refractivity contribution in [2.24, 2.45) is 10.7 Å². The van der Waals surface area contributed by atoms with Crippen molar-refractivity contribution < 1.29 is 0 Å². The summed E-state index contributed by atoms with van der Waals surface area (Å²) in [6.07, 6.45) is 0.968. The number of thioether (sulfide) groups is 1. The fourth-order valence-electron chi connectivity index (χ4n) is 2.31. The fourth-order valence-corrected chi connectivity index (χ4v) is 3.21. The monoisotopic (exact) mass is 277 g/mol. The Morgan fingerprint density at radius 1 is 1.32 bits per heavy atom. The zero-order valence-corrected chi connectivity index (χ0v) is 12.7. The van der Waals surface area contributed by atoms with Crippen LogP contribution in [0.5, 0.6) is 0 Å². The van der Waals surface area contributed by atoms with E-state index < -0.39 is 0 Å². The first-order valence-corrected chi connectivity index (χ1v) is 8.01. The van der Waals surface area contributed by atoms with Crippen molar-refractivity contribution in [2.45, 2.75) is 20.3 Å². The first kappa shape index (κ1) is 14.3. The van der Waals surface area contributed by atoms with E-state index >= 15 is 0 Å². The van der Waals surface area contributed by atoms with Crippen molar-refractivity contribution in [3.63, 3.8) is 0 Å². The largest absolute Gasteiger partial charge is 0.370 e. The number of aryl methyl sites for hydroxylation is 2. The van der Waals surface area contributed by atoms with Gasteiger partial charge in [-0.1, -0.05) is 23.8 Å². The summed E-state index contributed by atoms with van der Waals surface area (Å²) in [7, 11) is 0. The highest BCUT2D eigenvalue weighted by molar-refractivity contribution is 7.99. The summed E-state index contributed by atoms with van der Waals surface area (Å²) in [4.78, 5) is 6.71. The average Bonchev–Trinajstić information content (AvgIpc) is 2.42. The molecule has 0 saturated carbocycles. The lowest BCUT2D eigenvalue weighted by Gasteiger charge is -2.27. The van der Waals surface area contributed by atoms with Crippen LogP contribution >= 0.6 is 11.8 Å². The minimum Gasteiger partial charge on any atom is -0.370 e. The van der Waals surface area contributed by atoms with Gasteiger partial charge < -0.3 is 10.6 Å². The Morgan fingerprint density at radius 2 is 2.05 bits per heavy atom. The Labute approximate surface area is 120 Å². The Balaban J connectivity index is 1.87. The lowest BCUT2D eigenvalue weighted by Crippen LogP contribution is -2.42. The van der Waals surface area contributed by atoms with Gasteiger partial charge in [0, 0.05) is 31.1 Å². The normalized spacial score (nSPS) is 16.7. The van der Waals surface area contributed by atoms with Crippen molar-refractivity contribution in [3.8, 4) is 0 Å². The molecule has 104 valence electrons. The minimum absolute atomic E-state index is 0.713. The Kier molecular flexibility index (Phi) is 5.14. The second-order valence-corrected chi connectivity index (χ2v) is 6.24. The first-order valence-electron chi connectivity index (χ1n) is 6.85. The van der Waals surface area contributed by atoms with Crippen molar-refractivity contribution in [2.75, 3.05) is 31.1 Å². The number of benzene rings is 1. The van der Waals surface area contributed by atoms with E-state index in [1.54, 1.807) is 0 Å². The maximum Gasteiger partial charge on any atom is 0.191 e. The van der Waals surface area contributed by atoms with Gasteiger partial charge in [0.05, 0.1) is 0 Å². The number of nitrogens with two attached hydrogens (primary N) is 1. The lowest BCUT2D eigenvalue weighted by atomic mass is 10.0. The summed E-state index contributed by atoms with van der Waals surface area (Å²) >= 11 is 1.99. The predicted molar refractivity (Wildman–Crippen MR) is 85.0 cm³/mol. The van der Waals surface area contributed by atoms with Gasteiger partial charge in [-0.05, 0) is 31.4 Å². The van der Waals surface area contributed by atoms with Crippen LogP contribution in [0.15, 0.2) is 23.2 Å². The molecule has 1 heterocycles. The van der Waals surface area contributed by atoms with Crippen LogP contribution in [0.3, 0.4) is 0 Å². The van der Waals surface area contributed by atoms with E-state index in [1.807, 2.05) is 11.8 Å². The van der Waals surface area contributed by atoms with Crippen LogP contribution in [0.4, 0.5) is 0 Å². The van der Waals surface area contributed by atoms with Crippen LogP contribution in [-0.4, -0.2) is 42.0 Å². The summed E-state index contributed by atoms with van der Waals surface area (Å²) in [5.74, 6) is 3.03. The summed E-state index contributed by atoms with van der Waals surface area (Å²) in [6.45, 7) is 7.13. The van der Waals surface area contributed by atoms with Crippen LogP contribution in [-0.2, 0) is 6.42 Å². The van der Waals surface area contributed by atoms with Crippen LogP contribution in [0.25, 0.3) is 0 Å². The molecule has 0 aromatic heterocycles. The number of rotatable bonds is 3. The third kappa shape index (κ3) is 4.16. The molecule has 0 radical (unpaired) electrons. The maximum absolute atomic E-state index is 6.04. The molecule has 4 heteroatoms. The van der Waals surface area contributed by atoms with E-state index in [1.165, 1.54) is 16.7 Å². The Hall–Kier alpha value is -1.16. The summed E-state index contributed by atoms with van der Waals surface area (Å²) in [5, 5.41) is 0. The SMILES string of the molecule is Cc1ccc(CCN=C(N)N2CCSCC2)c(C)c1. The number of nitrogens with zero attached hydrogens (tertiary/aromatic N) is 2. The van der Waals surface area contributed by atoms with Gasteiger partial charge in [-0.25, -0.2) is 0 Å². The first-order chi connectivity index (χ1) is 9.16. The maximum atomic E-state index is 6.04. The van der Waals surface area contributed by atoms with E-state index in [2.05, 4.69) is 41.9 Å². The van der Waals surface area contributed by atoms with Crippen molar-refractivity contribution in [3.05, 3.63) is 34.9 Å².